The Kier molecular flexibility index (Phi) is 4.02. The van der Waals surface area contributed by atoms with E-state index in [4.69, 9.17) is 4.74 Å². The van der Waals surface area contributed by atoms with Crippen LogP contribution in [0.25, 0.3) is 0 Å². The smallest absolute Gasteiger partial charge is 0.220 e. The summed E-state index contributed by atoms with van der Waals surface area (Å²) in [5.41, 5.74) is 0.720. The summed E-state index contributed by atoms with van der Waals surface area (Å²) in [7, 11) is 0. The first-order chi connectivity index (χ1) is 12.5. The second-order valence-electron chi connectivity index (χ2n) is 10.8. The SMILES string of the molecule is CC[C@@H]1C[C@H](OC2CC2)[C@@]2(C)CC[C@H]3[C@@H](CC[C@H]4NC(=O)CC[C@@]43C)[C@H]12. The summed E-state index contributed by atoms with van der Waals surface area (Å²) < 4.78 is 6.60. The molecule has 1 amide bonds. The van der Waals surface area contributed by atoms with Gasteiger partial charge in [0.25, 0.3) is 0 Å². The maximum absolute atomic E-state index is 12.0. The van der Waals surface area contributed by atoms with E-state index in [-0.39, 0.29) is 5.91 Å². The van der Waals surface area contributed by atoms with Crippen molar-refractivity contribution in [3.8, 4) is 0 Å². The van der Waals surface area contributed by atoms with Crippen molar-refractivity contribution in [1.29, 1.82) is 0 Å². The predicted molar refractivity (Wildman–Crippen MR) is 103 cm³/mol. The Morgan fingerprint density at radius 2 is 1.88 bits per heavy atom. The molecule has 3 heteroatoms. The maximum atomic E-state index is 12.0. The normalized spacial score (nSPS) is 53.4. The van der Waals surface area contributed by atoms with Crippen LogP contribution < -0.4 is 5.32 Å². The first-order valence-electron chi connectivity index (χ1n) is 11.4. The molecule has 3 nitrogen and oxygen atoms in total. The molecule has 0 spiro atoms. The zero-order valence-corrected chi connectivity index (χ0v) is 16.9. The number of fused-ring (bicyclic) bond motifs is 5. The van der Waals surface area contributed by atoms with Crippen LogP contribution in [0.15, 0.2) is 0 Å². The summed E-state index contributed by atoms with van der Waals surface area (Å²) >= 11 is 0. The van der Waals surface area contributed by atoms with Gasteiger partial charge in [-0.25, -0.2) is 0 Å². The number of rotatable bonds is 3. The van der Waals surface area contributed by atoms with E-state index in [1.54, 1.807) is 0 Å². The molecule has 1 heterocycles. The molecule has 1 N–H and O–H groups in total. The Bertz CT molecular complexity index is 587. The Labute approximate surface area is 159 Å². The average Bonchev–Trinajstić information content (AvgIpc) is 3.38. The van der Waals surface area contributed by atoms with Crippen LogP contribution in [0.5, 0.6) is 0 Å². The number of carbonyl (C=O) groups excluding carboxylic acids is 1. The third-order valence-electron chi connectivity index (χ3n) is 9.56. The minimum atomic E-state index is 0.289. The lowest BCUT2D eigenvalue weighted by atomic mass is 9.46. The number of piperidine rings is 1. The molecule has 0 aromatic rings. The van der Waals surface area contributed by atoms with Gasteiger partial charge in [-0.15, -0.1) is 0 Å². The number of amides is 1. The minimum absolute atomic E-state index is 0.289. The van der Waals surface area contributed by atoms with Crippen LogP contribution in [0.1, 0.15) is 85.0 Å². The fourth-order valence-corrected chi connectivity index (χ4v) is 8.00. The van der Waals surface area contributed by atoms with E-state index >= 15 is 0 Å². The van der Waals surface area contributed by atoms with Gasteiger partial charge >= 0.3 is 0 Å². The van der Waals surface area contributed by atoms with Crippen LogP contribution in [0, 0.1) is 34.5 Å². The van der Waals surface area contributed by atoms with Crippen molar-refractivity contribution < 1.29 is 9.53 Å². The summed E-state index contributed by atoms with van der Waals surface area (Å²) in [5, 5.41) is 3.37. The van der Waals surface area contributed by atoms with Gasteiger partial charge in [0.15, 0.2) is 0 Å². The average molecular weight is 360 g/mol. The summed E-state index contributed by atoms with van der Waals surface area (Å²) in [6.07, 6.45) is 13.3. The molecule has 26 heavy (non-hydrogen) atoms. The molecule has 5 fully saturated rings. The second kappa shape index (κ2) is 5.96. The topological polar surface area (TPSA) is 38.3 Å². The highest BCUT2D eigenvalue weighted by Gasteiger charge is 2.63. The van der Waals surface area contributed by atoms with Crippen LogP contribution in [-0.2, 0) is 9.53 Å². The lowest BCUT2D eigenvalue weighted by Gasteiger charge is -2.60. The van der Waals surface area contributed by atoms with E-state index in [9.17, 15) is 4.79 Å². The van der Waals surface area contributed by atoms with Gasteiger partial charge in [0.1, 0.15) is 0 Å². The molecule has 1 saturated heterocycles. The van der Waals surface area contributed by atoms with Gasteiger partial charge in [-0.2, -0.15) is 0 Å². The summed E-state index contributed by atoms with van der Waals surface area (Å²) in [6, 6.07) is 0.425. The Hall–Kier alpha value is -0.570. The van der Waals surface area contributed by atoms with E-state index < -0.39 is 0 Å². The van der Waals surface area contributed by atoms with E-state index in [1.165, 1.54) is 51.4 Å². The fraction of sp³-hybridized carbons (Fsp3) is 0.957. The van der Waals surface area contributed by atoms with Crippen molar-refractivity contribution in [1.82, 2.24) is 5.32 Å². The molecule has 8 atom stereocenters. The van der Waals surface area contributed by atoms with Crippen molar-refractivity contribution in [3.63, 3.8) is 0 Å². The molecule has 5 aliphatic rings. The van der Waals surface area contributed by atoms with Gasteiger partial charge in [0.05, 0.1) is 12.2 Å². The number of ether oxygens (including phenoxy) is 1. The van der Waals surface area contributed by atoms with Gasteiger partial charge in [0, 0.05) is 12.5 Å². The van der Waals surface area contributed by atoms with Crippen molar-refractivity contribution >= 4 is 5.91 Å². The third-order valence-corrected chi connectivity index (χ3v) is 9.56. The number of hydrogen-bond acceptors (Lipinski definition) is 2. The Balaban J connectivity index is 1.44. The molecule has 0 aromatic heterocycles. The molecular weight excluding hydrogens is 322 g/mol. The second-order valence-corrected chi connectivity index (χ2v) is 10.8. The van der Waals surface area contributed by atoms with Gasteiger partial charge in [0.2, 0.25) is 5.91 Å². The number of hydrogen-bond donors (Lipinski definition) is 1. The van der Waals surface area contributed by atoms with Gasteiger partial charge in [-0.3, -0.25) is 4.79 Å². The highest BCUT2D eigenvalue weighted by atomic mass is 16.5. The molecule has 0 bridgehead atoms. The Morgan fingerprint density at radius 3 is 2.62 bits per heavy atom. The van der Waals surface area contributed by atoms with Crippen molar-refractivity contribution in [2.45, 2.75) is 103 Å². The predicted octanol–water partition coefficient (Wildman–Crippen LogP) is 4.69. The summed E-state index contributed by atoms with van der Waals surface area (Å²) in [4.78, 5) is 12.0. The molecule has 0 aromatic carbocycles. The number of carbonyl (C=O) groups is 1. The standard InChI is InChI=1S/C23H37NO2/c1-4-14-13-19(26-15-5-6-15)23(3)11-9-17-16(21(14)23)7-8-18-22(17,2)12-10-20(25)24-18/h14-19,21H,4-13H2,1-3H3,(H,24,25)/t14-,16-,17+,18-,19+,21+,22-,23-/m1/s1. The molecule has 0 unspecified atom stereocenters. The van der Waals surface area contributed by atoms with E-state index in [2.05, 4.69) is 26.1 Å². The molecule has 5 rings (SSSR count). The molecule has 4 saturated carbocycles. The molecule has 0 radical (unpaired) electrons. The maximum Gasteiger partial charge on any atom is 0.220 e. The van der Waals surface area contributed by atoms with Crippen molar-refractivity contribution in [2.24, 2.45) is 34.5 Å². The largest absolute Gasteiger partial charge is 0.374 e. The van der Waals surface area contributed by atoms with Crippen LogP contribution in [0.3, 0.4) is 0 Å². The lowest BCUT2D eigenvalue weighted by molar-refractivity contribution is -0.144. The Morgan fingerprint density at radius 1 is 1.08 bits per heavy atom. The summed E-state index contributed by atoms with van der Waals surface area (Å²) in [6.45, 7) is 7.49. The number of nitrogens with one attached hydrogen (secondary N) is 1. The van der Waals surface area contributed by atoms with E-state index in [1.807, 2.05) is 0 Å². The van der Waals surface area contributed by atoms with Crippen LogP contribution in [-0.4, -0.2) is 24.2 Å². The molecular formula is C23H37NO2. The summed E-state index contributed by atoms with van der Waals surface area (Å²) in [5.74, 6) is 3.62. The lowest BCUT2D eigenvalue weighted by Crippen LogP contribution is -2.61. The van der Waals surface area contributed by atoms with Crippen LogP contribution in [0.2, 0.25) is 0 Å². The van der Waals surface area contributed by atoms with E-state index in [0.717, 1.165) is 36.5 Å². The van der Waals surface area contributed by atoms with Crippen molar-refractivity contribution in [3.05, 3.63) is 0 Å². The zero-order valence-electron chi connectivity index (χ0n) is 16.9. The molecule has 1 aliphatic heterocycles. The van der Waals surface area contributed by atoms with Gasteiger partial charge in [-0.05, 0) is 85.9 Å². The van der Waals surface area contributed by atoms with Gasteiger partial charge < -0.3 is 10.1 Å². The van der Waals surface area contributed by atoms with Crippen LogP contribution >= 0.6 is 0 Å². The van der Waals surface area contributed by atoms with Crippen molar-refractivity contribution in [2.75, 3.05) is 0 Å². The zero-order chi connectivity index (χ0) is 18.1. The first-order valence-corrected chi connectivity index (χ1v) is 11.4. The van der Waals surface area contributed by atoms with Gasteiger partial charge in [-0.1, -0.05) is 27.2 Å². The van der Waals surface area contributed by atoms with Crippen LogP contribution in [0.4, 0.5) is 0 Å². The fourth-order valence-electron chi connectivity index (χ4n) is 8.00. The monoisotopic (exact) mass is 359 g/mol. The highest BCUT2D eigenvalue weighted by Crippen LogP contribution is 2.66. The minimum Gasteiger partial charge on any atom is -0.374 e. The highest BCUT2D eigenvalue weighted by molar-refractivity contribution is 5.77. The quantitative estimate of drug-likeness (QED) is 0.794. The van der Waals surface area contributed by atoms with E-state index in [0.29, 0.717) is 29.1 Å². The first kappa shape index (κ1) is 17.5. The molecule has 4 aliphatic carbocycles. The third kappa shape index (κ3) is 2.45. The molecule has 146 valence electrons.